The smallest absolute Gasteiger partial charge is 0.137 e. The molecule has 10 aromatic rings. The molecule has 2 aromatic heterocycles. The fourth-order valence-electron chi connectivity index (χ4n) is 7.63. The van der Waals surface area contributed by atoms with E-state index in [1.54, 1.807) is 0 Å². The molecule has 0 aliphatic heterocycles. The SMILES string of the molecule is Fc1ccc(-c2ccc(N(c3ccc(-c4ccc5c(c4)c4ccccc4n5-c4ccccc4)cc3)c3cccc4oc5ccccc5c34)cc2)cc1. The zero-order chi connectivity index (χ0) is 34.6. The molecule has 0 atom stereocenters. The number of rotatable bonds is 6. The van der Waals surface area contributed by atoms with Crippen LogP contribution in [0.5, 0.6) is 0 Å². The number of furan rings is 1. The Morgan fingerprint density at radius 1 is 0.423 bits per heavy atom. The highest BCUT2D eigenvalue weighted by Gasteiger charge is 2.20. The van der Waals surface area contributed by atoms with Crippen LogP contribution in [0.15, 0.2) is 192 Å². The first-order valence-corrected chi connectivity index (χ1v) is 17.5. The van der Waals surface area contributed by atoms with Crippen LogP contribution in [0.1, 0.15) is 0 Å². The van der Waals surface area contributed by atoms with Crippen LogP contribution < -0.4 is 4.90 Å². The van der Waals surface area contributed by atoms with Crippen molar-refractivity contribution in [2.75, 3.05) is 4.90 Å². The van der Waals surface area contributed by atoms with Crippen LogP contribution in [0.3, 0.4) is 0 Å². The van der Waals surface area contributed by atoms with E-state index in [1.165, 1.54) is 33.9 Å². The van der Waals surface area contributed by atoms with E-state index >= 15 is 0 Å². The Kier molecular flexibility index (Phi) is 7.00. The third kappa shape index (κ3) is 4.96. The summed E-state index contributed by atoms with van der Waals surface area (Å²) in [5.41, 5.74) is 12.6. The van der Waals surface area contributed by atoms with Crippen LogP contribution in [-0.2, 0) is 0 Å². The molecule has 4 heteroatoms. The molecule has 0 radical (unpaired) electrons. The molecule has 0 saturated carbocycles. The van der Waals surface area contributed by atoms with Crippen molar-refractivity contribution in [1.82, 2.24) is 4.57 Å². The van der Waals surface area contributed by atoms with Gasteiger partial charge < -0.3 is 13.9 Å². The average Bonchev–Trinajstić information content (AvgIpc) is 3.75. The minimum Gasteiger partial charge on any atom is -0.456 e. The first kappa shape index (κ1) is 30.0. The minimum absolute atomic E-state index is 0.241. The van der Waals surface area contributed by atoms with E-state index in [9.17, 15) is 4.39 Å². The maximum Gasteiger partial charge on any atom is 0.137 e. The molecule has 0 amide bonds. The highest BCUT2D eigenvalue weighted by Crippen LogP contribution is 2.44. The standard InChI is InChI=1S/C48H31FN2O/c49-36-24-17-32(18-25-36)33-19-26-38(27-20-33)50(45-14-8-16-47-48(45)41-12-5-7-15-46(41)52-47)39-28-21-34(22-29-39)35-23-30-44-42(31-35)40-11-4-6-13-43(40)51(44)37-9-2-1-3-10-37/h1-31H. The van der Waals surface area contributed by atoms with Gasteiger partial charge in [0, 0.05) is 33.2 Å². The van der Waals surface area contributed by atoms with Gasteiger partial charge in [-0.2, -0.15) is 0 Å². The topological polar surface area (TPSA) is 21.3 Å². The van der Waals surface area contributed by atoms with Gasteiger partial charge in [0.25, 0.3) is 0 Å². The lowest BCUT2D eigenvalue weighted by atomic mass is 10.0. The minimum atomic E-state index is -0.241. The van der Waals surface area contributed by atoms with Gasteiger partial charge in [0.15, 0.2) is 0 Å². The molecule has 2 heterocycles. The van der Waals surface area contributed by atoms with Gasteiger partial charge in [-0.3, -0.25) is 0 Å². The van der Waals surface area contributed by atoms with Crippen molar-refractivity contribution < 1.29 is 8.81 Å². The molecule has 3 nitrogen and oxygen atoms in total. The molecule has 0 spiro atoms. The quantitative estimate of drug-likeness (QED) is 0.176. The van der Waals surface area contributed by atoms with Crippen LogP contribution in [-0.4, -0.2) is 4.57 Å². The number of halogens is 1. The summed E-state index contributed by atoms with van der Waals surface area (Å²) in [5, 5.41) is 4.59. The highest BCUT2D eigenvalue weighted by molar-refractivity contribution is 6.13. The Labute approximate surface area is 300 Å². The molecule has 8 aromatic carbocycles. The van der Waals surface area contributed by atoms with E-state index < -0.39 is 0 Å². The monoisotopic (exact) mass is 670 g/mol. The number of aromatic nitrogens is 1. The third-order valence-corrected chi connectivity index (χ3v) is 10.1. The molecule has 10 rings (SSSR count). The number of hydrogen-bond acceptors (Lipinski definition) is 2. The molecule has 0 unspecified atom stereocenters. The van der Waals surface area contributed by atoms with E-state index in [0.29, 0.717) is 0 Å². The number of benzene rings is 8. The van der Waals surface area contributed by atoms with Crippen LogP contribution >= 0.6 is 0 Å². The lowest BCUT2D eigenvalue weighted by molar-refractivity contribution is 0.628. The molecule has 0 fully saturated rings. The van der Waals surface area contributed by atoms with Crippen LogP contribution in [0.25, 0.3) is 71.7 Å². The lowest BCUT2D eigenvalue weighted by Gasteiger charge is -2.26. The lowest BCUT2D eigenvalue weighted by Crippen LogP contribution is -2.10. The number of hydrogen-bond donors (Lipinski definition) is 0. The van der Waals surface area contributed by atoms with E-state index in [0.717, 1.165) is 66.9 Å². The Morgan fingerprint density at radius 3 is 1.71 bits per heavy atom. The number of anilines is 3. The van der Waals surface area contributed by atoms with Gasteiger partial charge in [0.05, 0.1) is 22.1 Å². The van der Waals surface area contributed by atoms with Gasteiger partial charge in [-0.1, -0.05) is 103 Å². The van der Waals surface area contributed by atoms with Crippen molar-refractivity contribution in [3.63, 3.8) is 0 Å². The number of fused-ring (bicyclic) bond motifs is 6. The van der Waals surface area contributed by atoms with Gasteiger partial charge >= 0.3 is 0 Å². The first-order valence-electron chi connectivity index (χ1n) is 17.5. The van der Waals surface area contributed by atoms with Crippen molar-refractivity contribution in [3.05, 3.63) is 194 Å². The van der Waals surface area contributed by atoms with E-state index in [1.807, 2.05) is 30.3 Å². The summed E-state index contributed by atoms with van der Waals surface area (Å²) in [4.78, 5) is 2.29. The van der Waals surface area contributed by atoms with Crippen LogP contribution in [0.4, 0.5) is 21.5 Å². The Bertz CT molecular complexity index is 2890. The Hall–Kier alpha value is -6.91. The summed E-state index contributed by atoms with van der Waals surface area (Å²) < 4.78 is 22.3. The number of para-hydroxylation sites is 3. The predicted molar refractivity (Wildman–Crippen MR) is 214 cm³/mol. The molecular weight excluding hydrogens is 640 g/mol. The van der Waals surface area contributed by atoms with Crippen LogP contribution in [0, 0.1) is 5.82 Å². The largest absolute Gasteiger partial charge is 0.456 e. The maximum absolute atomic E-state index is 13.7. The molecule has 0 saturated heterocycles. The van der Waals surface area contributed by atoms with Crippen molar-refractivity contribution >= 4 is 60.8 Å². The fraction of sp³-hybridized carbons (Fsp3) is 0. The fourth-order valence-corrected chi connectivity index (χ4v) is 7.63. The molecular formula is C48H31FN2O. The highest BCUT2D eigenvalue weighted by atomic mass is 19.1. The number of nitrogens with zero attached hydrogens (tertiary/aromatic N) is 2. The van der Waals surface area contributed by atoms with Gasteiger partial charge in [0.1, 0.15) is 17.0 Å². The molecule has 52 heavy (non-hydrogen) atoms. The van der Waals surface area contributed by atoms with Gasteiger partial charge in [-0.25, -0.2) is 4.39 Å². The summed E-state index contributed by atoms with van der Waals surface area (Å²) >= 11 is 0. The second-order valence-electron chi connectivity index (χ2n) is 13.1. The van der Waals surface area contributed by atoms with Crippen molar-refractivity contribution in [3.8, 4) is 27.9 Å². The molecule has 0 bridgehead atoms. The summed E-state index contributed by atoms with van der Waals surface area (Å²) in [6.45, 7) is 0. The van der Waals surface area contributed by atoms with E-state index in [4.69, 9.17) is 4.42 Å². The Balaban J connectivity index is 1.09. The third-order valence-electron chi connectivity index (χ3n) is 10.1. The zero-order valence-electron chi connectivity index (χ0n) is 28.1. The van der Waals surface area contributed by atoms with Crippen molar-refractivity contribution in [2.24, 2.45) is 0 Å². The van der Waals surface area contributed by atoms with Gasteiger partial charge in [0.2, 0.25) is 0 Å². The predicted octanol–water partition coefficient (Wildman–Crippen LogP) is 13.6. The first-order chi connectivity index (χ1) is 25.7. The molecule has 246 valence electrons. The zero-order valence-corrected chi connectivity index (χ0v) is 28.1. The second kappa shape index (κ2) is 12.1. The van der Waals surface area contributed by atoms with Crippen molar-refractivity contribution in [1.29, 1.82) is 0 Å². The summed E-state index contributed by atoms with van der Waals surface area (Å²) in [6, 6.07) is 64.3. The van der Waals surface area contributed by atoms with Gasteiger partial charge in [-0.05, 0) is 107 Å². The molecule has 0 aliphatic carbocycles. The summed E-state index contributed by atoms with van der Waals surface area (Å²) in [5.74, 6) is -0.241. The second-order valence-corrected chi connectivity index (χ2v) is 13.1. The normalized spacial score (nSPS) is 11.6. The summed E-state index contributed by atoms with van der Waals surface area (Å²) in [7, 11) is 0. The maximum atomic E-state index is 13.7. The van der Waals surface area contributed by atoms with Crippen LogP contribution in [0.2, 0.25) is 0 Å². The van der Waals surface area contributed by atoms with Crippen molar-refractivity contribution in [2.45, 2.75) is 0 Å². The molecule has 0 aliphatic rings. The molecule has 0 N–H and O–H groups in total. The average molecular weight is 671 g/mol. The van der Waals surface area contributed by atoms with E-state index in [-0.39, 0.29) is 5.82 Å². The van der Waals surface area contributed by atoms with Gasteiger partial charge in [-0.15, -0.1) is 0 Å². The summed E-state index contributed by atoms with van der Waals surface area (Å²) in [6.07, 6.45) is 0. The van der Waals surface area contributed by atoms with E-state index in [2.05, 4.69) is 155 Å². The Morgan fingerprint density at radius 2 is 0.981 bits per heavy atom.